The number of benzene rings is 1. The number of carbonyl (C=O) groups excluding carboxylic acids is 2. The van der Waals surface area contributed by atoms with Crippen molar-refractivity contribution in [3.63, 3.8) is 0 Å². The summed E-state index contributed by atoms with van der Waals surface area (Å²) in [5, 5.41) is 3.13. The average Bonchev–Trinajstić information content (AvgIpc) is 2.84. The molecule has 0 saturated carbocycles. The van der Waals surface area contributed by atoms with Gasteiger partial charge in [-0.3, -0.25) is 9.59 Å². The molecule has 6 heteroatoms. The average molecular weight is 341 g/mol. The molecular weight excluding hydrogens is 319 g/mol. The van der Waals surface area contributed by atoms with E-state index in [-0.39, 0.29) is 35.5 Å². The highest BCUT2D eigenvalue weighted by molar-refractivity contribution is 6.31. The zero-order valence-corrected chi connectivity index (χ0v) is 14.4. The Morgan fingerprint density at radius 2 is 2.13 bits per heavy atom. The van der Waals surface area contributed by atoms with Gasteiger partial charge in [-0.05, 0) is 39.3 Å². The van der Waals surface area contributed by atoms with E-state index in [0.29, 0.717) is 30.1 Å². The first-order valence-electron chi connectivity index (χ1n) is 7.71. The number of amides is 2. The van der Waals surface area contributed by atoms with Gasteiger partial charge in [0.1, 0.15) is 5.82 Å². The summed E-state index contributed by atoms with van der Waals surface area (Å²) in [5.74, 6) is -0.896. The standard InChI is InChI=1S/C17H22ClFN2O2/c1-17(2,3)21-10-11(9-15(21)22)16(23)20-8-7-12-13(18)5-4-6-14(12)19/h4-6,11H,7-10H2,1-3H3,(H,20,23)/t11-/m1/s1. The van der Waals surface area contributed by atoms with Crippen LogP contribution < -0.4 is 5.32 Å². The molecule has 0 radical (unpaired) electrons. The van der Waals surface area contributed by atoms with Crippen molar-refractivity contribution in [2.24, 2.45) is 5.92 Å². The van der Waals surface area contributed by atoms with E-state index in [1.165, 1.54) is 6.07 Å². The lowest BCUT2D eigenvalue weighted by molar-refractivity contribution is -0.132. The van der Waals surface area contributed by atoms with Crippen molar-refractivity contribution in [2.45, 2.75) is 39.2 Å². The molecule has 0 bridgehead atoms. The van der Waals surface area contributed by atoms with E-state index in [1.54, 1.807) is 17.0 Å². The molecule has 0 spiro atoms. The van der Waals surface area contributed by atoms with Crippen molar-refractivity contribution >= 4 is 23.4 Å². The smallest absolute Gasteiger partial charge is 0.225 e. The third-order valence-electron chi connectivity index (χ3n) is 4.04. The van der Waals surface area contributed by atoms with Crippen molar-refractivity contribution in [1.82, 2.24) is 10.2 Å². The molecule has 1 N–H and O–H groups in total. The lowest BCUT2D eigenvalue weighted by Crippen LogP contribution is -2.43. The first-order chi connectivity index (χ1) is 10.7. The third kappa shape index (κ3) is 4.22. The fourth-order valence-corrected chi connectivity index (χ4v) is 3.02. The van der Waals surface area contributed by atoms with Crippen LogP contribution in [0, 0.1) is 11.7 Å². The van der Waals surface area contributed by atoms with Crippen molar-refractivity contribution in [3.05, 3.63) is 34.6 Å². The Hall–Kier alpha value is -1.62. The molecule has 0 aliphatic carbocycles. The second-order valence-electron chi connectivity index (χ2n) is 6.82. The van der Waals surface area contributed by atoms with Gasteiger partial charge in [0, 0.05) is 35.6 Å². The second kappa shape index (κ2) is 6.87. The topological polar surface area (TPSA) is 49.4 Å². The van der Waals surface area contributed by atoms with Crippen LogP contribution in [-0.4, -0.2) is 35.3 Å². The molecule has 23 heavy (non-hydrogen) atoms. The Kier molecular flexibility index (Phi) is 5.30. The van der Waals surface area contributed by atoms with Crippen molar-refractivity contribution in [1.29, 1.82) is 0 Å². The summed E-state index contributed by atoms with van der Waals surface area (Å²) in [5.41, 5.74) is 0.112. The van der Waals surface area contributed by atoms with Gasteiger partial charge < -0.3 is 10.2 Å². The molecule has 1 aromatic rings. The molecular formula is C17H22ClFN2O2. The summed E-state index contributed by atoms with van der Waals surface area (Å²) in [7, 11) is 0. The number of carbonyl (C=O) groups is 2. The van der Waals surface area contributed by atoms with Gasteiger partial charge in [0.25, 0.3) is 0 Å². The van der Waals surface area contributed by atoms with Crippen LogP contribution in [0.1, 0.15) is 32.8 Å². The van der Waals surface area contributed by atoms with E-state index < -0.39 is 0 Å². The predicted octanol–water partition coefficient (Wildman–Crippen LogP) is 2.78. The number of likely N-dealkylation sites (tertiary alicyclic amines) is 1. The number of halogens is 2. The summed E-state index contributed by atoms with van der Waals surface area (Å²) in [6.45, 7) is 6.57. The van der Waals surface area contributed by atoms with E-state index in [0.717, 1.165) is 0 Å². The Morgan fingerprint density at radius 1 is 1.43 bits per heavy atom. The van der Waals surface area contributed by atoms with E-state index in [2.05, 4.69) is 5.32 Å². The number of rotatable bonds is 4. The molecule has 1 saturated heterocycles. The van der Waals surface area contributed by atoms with Crippen LogP contribution in [0.3, 0.4) is 0 Å². The fourth-order valence-electron chi connectivity index (χ4n) is 2.76. The van der Waals surface area contributed by atoms with Gasteiger partial charge >= 0.3 is 0 Å². The first-order valence-corrected chi connectivity index (χ1v) is 8.09. The zero-order chi connectivity index (χ0) is 17.2. The lowest BCUT2D eigenvalue weighted by Gasteiger charge is -2.31. The minimum Gasteiger partial charge on any atom is -0.355 e. The largest absolute Gasteiger partial charge is 0.355 e. The maximum atomic E-state index is 13.7. The van der Waals surface area contributed by atoms with Gasteiger partial charge in [-0.15, -0.1) is 0 Å². The van der Waals surface area contributed by atoms with Gasteiger partial charge in [-0.1, -0.05) is 17.7 Å². The van der Waals surface area contributed by atoms with E-state index in [1.807, 2.05) is 20.8 Å². The fraction of sp³-hybridized carbons (Fsp3) is 0.529. The molecule has 0 aromatic heterocycles. The van der Waals surface area contributed by atoms with Gasteiger partial charge in [-0.25, -0.2) is 4.39 Å². The van der Waals surface area contributed by atoms with Crippen LogP contribution in [0.4, 0.5) is 4.39 Å². The van der Waals surface area contributed by atoms with E-state index in [4.69, 9.17) is 11.6 Å². The van der Waals surface area contributed by atoms with Gasteiger partial charge in [-0.2, -0.15) is 0 Å². The molecule has 1 aromatic carbocycles. The summed E-state index contributed by atoms with van der Waals surface area (Å²) in [6.07, 6.45) is 0.546. The van der Waals surface area contributed by atoms with Crippen molar-refractivity contribution in [3.8, 4) is 0 Å². The van der Waals surface area contributed by atoms with E-state index in [9.17, 15) is 14.0 Å². The Labute approximate surface area is 141 Å². The van der Waals surface area contributed by atoms with E-state index >= 15 is 0 Å². The van der Waals surface area contributed by atoms with Crippen molar-refractivity contribution < 1.29 is 14.0 Å². The quantitative estimate of drug-likeness (QED) is 0.916. The first kappa shape index (κ1) is 17.7. The Bertz CT molecular complexity index is 593. The molecule has 4 nitrogen and oxygen atoms in total. The minimum absolute atomic E-state index is 0.00482. The summed E-state index contributed by atoms with van der Waals surface area (Å²) < 4.78 is 13.7. The van der Waals surface area contributed by atoms with Crippen LogP contribution in [0.25, 0.3) is 0 Å². The normalized spacial score (nSPS) is 18.4. The van der Waals surface area contributed by atoms with Crippen LogP contribution >= 0.6 is 11.6 Å². The second-order valence-corrected chi connectivity index (χ2v) is 7.22. The number of hydrogen-bond donors (Lipinski definition) is 1. The number of nitrogens with one attached hydrogen (secondary N) is 1. The lowest BCUT2D eigenvalue weighted by atomic mass is 10.1. The summed E-state index contributed by atoms with van der Waals surface area (Å²) in [4.78, 5) is 25.9. The van der Waals surface area contributed by atoms with Crippen LogP contribution in [0.5, 0.6) is 0 Å². The molecule has 1 aliphatic rings. The maximum Gasteiger partial charge on any atom is 0.225 e. The Morgan fingerprint density at radius 3 is 2.70 bits per heavy atom. The molecule has 1 atom stereocenters. The molecule has 1 heterocycles. The molecule has 126 valence electrons. The van der Waals surface area contributed by atoms with Crippen molar-refractivity contribution in [2.75, 3.05) is 13.1 Å². The van der Waals surface area contributed by atoms with Gasteiger partial charge in [0.05, 0.1) is 5.92 Å². The molecule has 1 fully saturated rings. The van der Waals surface area contributed by atoms with Crippen LogP contribution in [-0.2, 0) is 16.0 Å². The predicted molar refractivity (Wildman–Crippen MR) is 87.7 cm³/mol. The molecule has 0 unspecified atom stereocenters. The maximum absolute atomic E-state index is 13.7. The summed E-state index contributed by atoms with van der Waals surface area (Å²) in [6, 6.07) is 4.52. The highest BCUT2D eigenvalue weighted by Crippen LogP contribution is 2.26. The SMILES string of the molecule is CC(C)(C)N1C[C@H](C(=O)NCCc2c(F)cccc2Cl)CC1=O. The minimum atomic E-state index is -0.373. The number of nitrogens with zero attached hydrogens (tertiary/aromatic N) is 1. The van der Waals surface area contributed by atoms with Crippen LogP contribution in [0.2, 0.25) is 5.02 Å². The zero-order valence-electron chi connectivity index (χ0n) is 13.7. The Balaban J connectivity index is 1.88. The molecule has 1 aliphatic heterocycles. The van der Waals surface area contributed by atoms with Gasteiger partial charge in [0.2, 0.25) is 11.8 Å². The molecule has 2 rings (SSSR count). The monoisotopic (exact) mass is 340 g/mol. The third-order valence-corrected chi connectivity index (χ3v) is 4.40. The summed E-state index contributed by atoms with van der Waals surface area (Å²) >= 11 is 5.96. The highest BCUT2D eigenvalue weighted by atomic mass is 35.5. The number of hydrogen-bond acceptors (Lipinski definition) is 2. The van der Waals surface area contributed by atoms with Gasteiger partial charge in [0.15, 0.2) is 0 Å². The highest BCUT2D eigenvalue weighted by Gasteiger charge is 2.39. The van der Waals surface area contributed by atoms with Crippen LogP contribution in [0.15, 0.2) is 18.2 Å². The molecule has 2 amide bonds.